The fourth-order valence-corrected chi connectivity index (χ4v) is 1.31. The lowest BCUT2D eigenvalue weighted by Gasteiger charge is -1.95. The van der Waals surface area contributed by atoms with Crippen LogP contribution in [0.5, 0.6) is 0 Å². The molecular weight excluding hydrogens is 126 g/mol. The molecule has 2 heteroatoms. The molecule has 0 saturated heterocycles. The van der Waals surface area contributed by atoms with E-state index < -0.39 is 0 Å². The van der Waals surface area contributed by atoms with Crippen molar-refractivity contribution in [2.24, 2.45) is 5.18 Å². The van der Waals surface area contributed by atoms with E-state index in [4.69, 9.17) is 0 Å². The molecule has 1 aliphatic carbocycles. The minimum atomic E-state index is 0.417. The van der Waals surface area contributed by atoms with Crippen LogP contribution in [0.4, 0.5) is 0 Å². The fourth-order valence-electron chi connectivity index (χ4n) is 1.31. The van der Waals surface area contributed by atoms with Gasteiger partial charge >= 0.3 is 0 Å². The summed E-state index contributed by atoms with van der Waals surface area (Å²) in [5, 5.41) is 2.88. The molecule has 2 nitrogen and oxygen atoms in total. The summed E-state index contributed by atoms with van der Waals surface area (Å²) >= 11 is 0. The van der Waals surface area contributed by atoms with Crippen LogP contribution in [-0.4, -0.2) is 6.54 Å². The zero-order chi connectivity index (χ0) is 7.23. The van der Waals surface area contributed by atoms with Gasteiger partial charge in [0.1, 0.15) is 6.54 Å². The smallest absolute Gasteiger partial charge is 0.102 e. The van der Waals surface area contributed by atoms with Crippen molar-refractivity contribution in [3.05, 3.63) is 16.6 Å². The summed E-state index contributed by atoms with van der Waals surface area (Å²) in [7, 11) is 0. The van der Waals surface area contributed by atoms with Crippen LogP contribution in [0, 0.1) is 4.91 Å². The minimum Gasteiger partial charge on any atom is -0.150 e. The summed E-state index contributed by atoms with van der Waals surface area (Å²) in [5.74, 6) is 0. The predicted molar refractivity (Wildman–Crippen MR) is 41.8 cm³/mol. The van der Waals surface area contributed by atoms with Crippen molar-refractivity contribution >= 4 is 0 Å². The van der Waals surface area contributed by atoms with E-state index in [0.29, 0.717) is 6.54 Å². The molecule has 0 aromatic heterocycles. The van der Waals surface area contributed by atoms with E-state index in [1.165, 1.54) is 24.8 Å². The van der Waals surface area contributed by atoms with Crippen molar-refractivity contribution in [1.82, 2.24) is 0 Å². The molecule has 1 aliphatic rings. The summed E-state index contributed by atoms with van der Waals surface area (Å²) < 4.78 is 0. The fraction of sp³-hybridized carbons (Fsp3) is 0.750. The van der Waals surface area contributed by atoms with Crippen LogP contribution in [0.15, 0.2) is 16.8 Å². The highest BCUT2D eigenvalue weighted by molar-refractivity contribution is 5.05. The van der Waals surface area contributed by atoms with Crippen LogP contribution < -0.4 is 0 Å². The molecule has 10 heavy (non-hydrogen) atoms. The molecule has 0 N–H and O–H groups in total. The van der Waals surface area contributed by atoms with Gasteiger partial charge in [0.15, 0.2) is 0 Å². The van der Waals surface area contributed by atoms with Crippen molar-refractivity contribution < 1.29 is 0 Å². The van der Waals surface area contributed by atoms with Crippen LogP contribution in [0.2, 0.25) is 0 Å². The molecule has 0 amide bonds. The molecule has 0 aromatic rings. The maximum absolute atomic E-state index is 9.89. The van der Waals surface area contributed by atoms with Crippen molar-refractivity contribution in [3.8, 4) is 0 Å². The number of nitrogens with zero attached hydrogens (tertiary/aromatic N) is 1. The van der Waals surface area contributed by atoms with Gasteiger partial charge in [0, 0.05) is 0 Å². The average molecular weight is 139 g/mol. The molecule has 0 aromatic carbocycles. The Bertz CT molecular complexity index is 140. The first kappa shape index (κ1) is 7.45. The van der Waals surface area contributed by atoms with Gasteiger partial charge < -0.3 is 0 Å². The van der Waals surface area contributed by atoms with Crippen LogP contribution >= 0.6 is 0 Å². The van der Waals surface area contributed by atoms with E-state index >= 15 is 0 Å². The van der Waals surface area contributed by atoms with Gasteiger partial charge in [-0.1, -0.05) is 17.7 Å². The quantitative estimate of drug-likeness (QED) is 0.427. The number of rotatable bonds is 2. The van der Waals surface area contributed by atoms with Gasteiger partial charge in [0.25, 0.3) is 0 Å². The minimum absolute atomic E-state index is 0.417. The highest BCUT2D eigenvalue weighted by Crippen LogP contribution is 2.16. The Hall–Kier alpha value is -0.660. The second-order valence-corrected chi connectivity index (χ2v) is 2.75. The molecule has 0 atom stereocenters. The molecule has 1 rings (SSSR count). The SMILES string of the molecule is O=NCC1=CCCCCC1. The standard InChI is InChI=1S/C8H13NO/c10-9-7-8-5-3-1-2-4-6-8/h5H,1-4,6-7H2. The number of allylic oxidation sites excluding steroid dienone is 1. The Morgan fingerprint density at radius 3 is 3.10 bits per heavy atom. The van der Waals surface area contributed by atoms with E-state index in [1.807, 2.05) is 0 Å². The summed E-state index contributed by atoms with van der Waals surface area (Å²) in [6.45, 7) is 0.417. The molecule has 0 unspecified atom stereocenters. The summed E-state index contributed by atoms with van der Waals surface area (Å²) in [4.78, 5) is 9.89. The maximum atomic E-state index is 9.89. The lowest BCUT2D eigenvalue weighted by Crippen LogP contribution is -1.85. The second-order valence-electron chi connectivity index (χ2n) is 2.75. The average Bonchev–Trinajstić information content (AvgIpc) is 2.17. The second kappa shape index (κ2) is 4.20. The Morgan fingerprint density at radius 1 is 1.40 bits per heavy atom. The first-order chi connectivity index (χ1) is 4.93. The highest BCUT2D eigenvalue weighted by Gasteiger charge is 2.01. The van der Waals surface area contributed by atoms with E-state index in [2.05, 4.69) is 11.3 Å². The summed E-state index contributed by atoms with van der Waals surface area (Å²) in [6, 6.07) is 0. The predicted octanol–water partition coefficient (Wildman–Crippen LogP) is 2.64. The van der Waals surface area contributed by atoms with Gasteiger partial charge in [0.2, 0.25) is 0 Å². The maximum Gasteiger partial charge on any atom is 0.102 e. The van der Waals surface area contributed by atoms with Crippen molar-refractivity contribution in [3.63, 3.8) is 0 Å². The zero-order valence-electron chi connectivity index (χ0n) is 6.18. The molecule has 0 saturated carbocycles. The van der Waals surface area contributed by atoms with Gasteiger partial charge in [-0.15, -0.1) is 0 Å². The number of hydrogen-bond acceptors (Lipinski definition) is 2. The molecule has 56 valence electrons. The van der Waals surface area contributed by atoms with E-state index in [9.17, 15) is 4.91 Å². The Kier molecular flexibility index (Phi) is 3.13. The number of nitroso groups, excluding NO2 is 1. The third-order valence-corrected chi connectivity index (χ3v) is 1.90. The molecule has 0 aliphatic heterocycles. The van der Waals surface area contributed by atoms with Gasteiger partial charge in [-0.2, -0.15) is 4.91 Å². The molecule has 0 heterocycles. The van der Waals surface area contributed by atoms with Crippen molar-refractivity contribution in [2.75, 3.05) is 6.54 Å². The van der Waals surface area contributed by atoms with E-state index in [1.54, 1.807) is 0 Å². The van der Waals surface area contributed by atoms with Gasteiger partial charge in [0.05, 0.1) is 0 Å². The molecular formula is C8H13NO. The van der Waals surface area contributed by atoms with E-state index in [-0.39, 0.29) is 0 Å². The third kappa shape index (κ3) is 2.29. The van der Waals surface area contributed by atoms with Gasteiger partial charge in [-0.25, -0.2) is 0 Å². The summed E-state index contributed by atoms with van der Waals surface area (Å²) in [5.41, 5.74) is 1.24. The van der Waals surface area contributed by atoms with E-state index in [0.717, 1.165) is 12.8 Å². The first-order valence-corrected chi connectivity index (χ1v) is 3.90. The van der Waals surface area contributed by atoms with Crippen LogP contribution in [0.25, 0.3) is 0 Å². The Labute approximate surface area is 61.3 Å². The normalized spacial score (nSPS) is 19.4. The lowest BCUT2D eigenvalue weighted by atomic mass is 10.1. The number of hydrogen-bond donors (Lipinski definition) is 0. The molecule has 0 fully saturated rings. The Balaban J connectivity index is 2.38. The lowest BCUT2D eigenvalue weighted by molar-refractivity contribution is 0.708. The van der Waals surface area contributed by atoms with Crippen LogP contribution in [0.1, 0.15) is 32.1 Å². The monoisotopic (exact) mass is 139 g/mol. The first-order valence-electron chi connectivity index (χ1n) is 3.90. The van der Waals surface area contributed by atoms with Gasteiger partial charge in [-0.05, 0) is 31.3 Å². The van der Waals surface area contributed by atoms with Gasteiger partial charge in [-0.3, -0.25) is 0 Å². The molecule has 0 spiro atoms. The van der Waals surface area contributed by atoms with Crippen LogP contribution in [0.3, 0.4) is 0 Å². The van der Waals surface area contributed by atoms with Crippen molar-refractivity contribution in [2.45, 2.75) is 32.1 Å². The molecule has 0 bridgehead atoms. The largest absolute Gasteiger partial charge is 0.150 e. The van der Waals surface area contributed by atoms with Crippen LogP contribution in [-0.2, 0) is 0 Å². The zero-order valence-corrected chi connectivity index (χ0v) is 6.18. The Morgan fingerprint density at radius 2 is 2.30 bits per heavy atom. The van der Waals surface area contributed by atoms with Crippen molar-refractivity contribution in [1.29, 1.82) is 0 Å². The topological polar surface area (TPSA) is 29.4 Å². The summed E-state index contributed by atoms with van der Waals surface area (Å²) in [6.07, 6.45) is 8.23. The molecule has 0 radical (unpaired) electrons. The third-order valence-electron chi connectivity index (χ3n) is 1.90. The highest BCUT2D eigenvalue weighted by atomic mass is 16.3.